The molecule has 28 heavy (non-hydrogen) atoms. The van der Waals surface area contributed by atoms with Crippen LogP contribution in [0.15, 0.2) is 84.9 Å². The van der Waals surface area contributed by atoms with Gasteiger partial charge >= 0.3 is 5.97 Å². The number of carboxylic acids is 1. The van der Waals surface area contributed by atoms with E-state index in [1.807, 2.05) is 54.6 Å². The van der Waals surface area contributed by atoms with Crippen molar-refractivity contribution < 1.29 is 14.7 Å². The lowest BCUT2D eigenvalue weighted by molar-refractivity contribution is -0.139. The Balaban J connectivity index is 1.75. The molecule has 1 amide bonds. The summed E-state index contributed by atoms with van der Waals surface area (Å²) in [6, 6.07) is 25.6. The molecule has 1 atom stereocenters. The maximum absolute atomic E-state index is 12.5. The van der Waals surface area contributed by atoms with E-state index in [0.717, 1.165) is 27.1 Å². The third-order valence-electron chi connectivity index (χ3n) is 4.93. The Hall–Kier alpha value is -3.66. The fourth-order valence-corrected chi connectivity index (χ4v) is 3.56. The molecule has 0 spiro atoms. The predicted molar refractivity (Wildman–Crippen MR) is 110 cm³/mol. The number of fused-ring (bicyclic) bond motifs is 2. The standard InChI is InChI=1S/C24H19NO3/c26-23(16-8-2-1-3-9-16)25-22(24(27)28)15-21-19-12-6-4-10-17(19)14-18-11-5-7-13-20(18)21/h1-14,22H,15H2,(H,25,26)(H,27,28)/t22-/m0/s1. The van der Waals surface area contributed by atoms with Crippen LogP contribution in [-0.2, 0) is 11.2 Å². The lowest BCUT2D eigenvalue weighted by Gasteiger charge is -2.18. The van der Waals surface area contributed by atoms with Crippen molar-refractivity contribution >= 4 is 33.4 Å². The summed E-state index contributed by atoms with van der Waals surface area (Å²) in [5.41, 5.74) is 1.37. The number of carbonyl (C=O) groups is 2. The molecular weight excluding hydrogens is 350 g/mol. The van der Waals surface area contributed by atoms with E-state index in [1.54, 1.807) is 24.3 Å². The Bertz CT molecular complexity index is 1110. The first-order chi connectivity index (χ1) is 13.6. The average Bonchev–Trinajstić information content (AvgIpc) is 2.73. The minimum absolute atomic E-state index is 0.204. The molecule has 4 heteroatoms. The molecule has 0 aliphatic carbocycles. The Morgan fingerprint density at radius 3 is 1.89 bits per heavy atom. The van der Waals surface area contributed by atoms with Crippen LogP contribution in [0.25, 0.3) is 21.5 Å². The van der Waals surface area contributed by atoms with E-state index in [4.69, 9.17) is 0 Å². The zero-order chi connectivity index (χ0) is 19.5. The van der Waals surface area contributed by atoms with E-state index >= 15 is 0 Å². The van der Waals surface area contributed by atoms with E-state index in [-0.39, 0.29) is 6.42 Å². The van der Waals surface area contributed by atoms with E-state index in [2.05, 4.69) is 11.4 Å². The molecule has 0 saturated heterocycles. The van der Waals surface area contributed by atoms with Gasteiger partial charge in [0, 0.05) is 12.0 Å². The van der Waals surface area contributed by atoms with E-state index in [0.29, 0.717) is 5.56 Å². The van der Waals surface area contributed by atoms with Crippen LogP contribution in [0.4, 0.5) is 0 Å². The number of carbonyl (C=O) groups excluding carboxylic acids is 1. The lowest BCUT2D eigenvalue weighted by atomic mass is 9.92. The quantitative estimate of drug-likeness (QED) is 0.512. The van der Waals surface area contributed by atoms with Crippen LogP contribution in [0.5, 0.6) is 0 Å². The van der Waals surface area contributed by atoms with Gasteiger partial charge in [0.15, 0.2) is 0 Å². The highest BCUT2D eigenvalue weighted by molar-refractivity contribution is 6.03. The lowest BCUT2D eigenvalue weighted by Crippen LogP contribution is -2.42. The molecule has 0 bridgehead atoms. The third-order valence-corrected chi connectivity index (χ3v) is 4.93. The fourth-order valence-electron chi connectivity index (χ4n) is 3.56. The van der Waals surface area contributed by atoms with Gasteiger partial charge < -0.3 is 10.4 Å². The van der Waals surface area contributed by atoms with Crippen molar-refractivity contribution in [3.05, 3.63) is 96.1 Å². The molecule has 0 aliphatic heterocycles. The minimum atomic E-state index is -1.05. The normalized spacial score (nSPS) is 12.0. The fraction of sp³-hybridized carbons (Fsp3) is 0.0833. The molecule has 4 nitrogen and oxygen atoms in total. The van der Waals surface area contributed by atoms with Gasteiger partial charge in [-0.05, 0) is 45.3 Å². The highest BCUT2D eigenvalue weighted by atomic mass is 16.4. The number of carboxylic acid groups (broad SMARTS) is 1. The number of benzene rings is 4. The van der Waals surface area contributed by atoms with Crippen LogP contribution in [-0.4, -0.2) is 23.0 Å². The van der Waals surface area contributed by atoms with Crippen molar-refractivity contribution in [1.82, 2.24) is 5.32 Å². The van der Waals surface area contributed by atoms with Crippen molar-refractivity contribution in [2.24, 2.45) is 0 Å². The van der Waals surface area contributed by atoms with Gasteiger partial charge in [-0.1, -0.05) is 66.7 Å². The zero-order valence-corrected chi connectivity index (χ0v) is 15.1. The Morgan fingerprint density at radius 2 is 1.32 bits per heavy atom. The summed E-state index contributed by atoms with van der Waals surface area (Å²) in [7, 11) is 0. The predicted octanol–water partition coefficient (Wildman–Crippen LogP) is 4.42. The minimum Gasteiger partial charge on any atom is -0.480 e. The van der Waals surface area contributed by atoms with Crippen molar-refractivity contribution in [3.63, 3.8) is 0 Å². The van der Waals surface area contributed by atoms with E-state index < -0.39 is 17.9 Å². The number of nitrogens with one attached hydrogen (secondary N) is 1. The molecule has 0 fully saturated rings. The van der Waals surface area contributed by atoms with Crippen molar-refractivity contribution in [1.29, 1.82) is 0 Å². The monoisotopic (exact) mass is 369 g/mol. The maximum Gasteiger partial charge on any atom is 0.326 e. The van der Waals surface area contributed by atoms with Crippen LogP contribution in [0.1, 0.15) is 15.9 Å². The summed E-state index contributed by atoms with van der Waals surface area (Å²) in [4.78, 5) is 24.4. The first kappa shape index (κ1) is 17.7. The average molecular weight is 369 g/mol. The van der Waals surface area contributed by atoms with Gasteiger partial charge in [-0.25, -0.2) is 4.79 Å². The van der Waals surface area contributed by atoms with Crippen molar-refractivity contribution in [2.45, 2.75) is 12.5 Å². The molecule has 0 unspecified atom stereocenters. The maximum atomic E-state index is 12.5. The van der Waals surface area contributed by atoms with Crippen molar-refractivity contribution in [2.75, 3.05) is 0 Å². The molecular formula is C24H19NO3. The van der Waals surface area contributed by atoms with Gasteiger partial charge in [0.25, 0.3) is 5.91 Å². The Morgan fingerprint density at radius 1 is 0.786 bits per heavy atom. The second-order valence-electron chi connectivity index (χ2n) is 6.73. The van der Waals surface area contributed by atoms with Crippen LogP contribution in [0, 0.1) is 0 Å². The smallest absolute Gasteiger partial charge is 0.326 e. The van der Waals surface area contributed by atoms with E-state index in [1.165, 1.54) is 0 Å². The number of amides is 1. The van der Waals surface area contributed by atoms with Gasteiger partial charge in [-0.3, -0.25) is 4.79 Å². The highest BCUT2D eigenvalue weighted by Crippen LogP contribution is 2.29. The van der Waals surface area contributed by atoms with E-state index in [9.17, 15) is 14.7 Å². The molecule has 0 aromatic heterocycles. The molecule has 0 radical (unpaired) electrons. The summed E-state index contributed by atoms with van der Waals surface area (Å²) in [5, 5.41) is 16.5. The zero-order valence-electron chi connectivity index (χ0n) is 15.1. The summed E-state index contributed by atoms with van der Waals surface area (Å²) in [5.74, 6) is -1.45. The second kappa shape index (κ2) is 7.53. The van der Waals surface area contributed by atoms with Crippen molar-refractivity contribution in [3.8, 4) is 0 Å². The molecule has 138 valence electrons. The van der Waals surface area contributed by atoms with Gasteiger partial charge in [0.1, 0.15) is 6.04 Å². The van der Waals surface area contributed by atoms with Crippen LogP contribution in [0.3, 0.4) is 0 Å². The van der Waals surface area contributed by atoms with Gasteiger partial charge in [0.2, 0.25) is 0 Å². The van der Waals surface area contributed by atoms with Gasteiger partial charge in [-0.2, -0.15) is 0 Å². The van der Waals surface area contributed by atoms with Crippen LogP contribution >= 0.6 is 0 Å². The third kappa shape index (κ3) is 3.45. The molecule has 4 aromatic rings. The van der Waals surface area contributed by atoms with Gasteiger partial charge in [0.05, 0.1) is 0 Å². The summed E-state index contributed by atoms with van der Waals surface area (Å²) in [6.45, 7) is 0. The second-order valence-corrected chi connectivity index (χ2v) is 6.73. The number of aliphatic carboxylic acids is 1. The van der Waals surface area contributed by atoms with Gasteiger partial charge in [-0.15, -0.1) is 0 Å². The van der Waals surface area contributed by atoms with Crippen LogP contribution in [0.2, 0.25) is 0 Å². The first-order valence-electron chi connectivity index (χ1n) is 9.11. The SMILES string of the molecule is O=C(N[C@@H](Cc1c2ccccc2cc2ccccc12)C(=O)O)c1ccccc1. The van der Waals surface area contributed by atoms with Crippen LogP contribution < -0.4 is 5.32 Å². The summed E-state index contributed by atoms with van der Waals surface area (Å²) < 4.78 is 0. The largest absolute Gasteiger partial charge is 0.480 e. The summed E-state index contributed by atoms with van der Waals surface area (Å²) >= 11 is 0. The topological polar surface area (TPSA) is 66.4 Å². The number of hydrogen-bond donors (Lipinski definition) is 2. The molecule has 0 saturated carbocycles. The highest BCUT2D eigenvalue weighted by Gasteiger charge is 2.23. The Kier molecular flexibility index (Phi) is 4.77. The first-order valence-corrected chi connectivity index (χ1v) is 9.11. The molecule has 2 N–H and O–H groups in total. The number of hydrogen-bond acceptors (Lipinski definition) is 2. The summed E-state index contributed by atoms with van der Waals surface area (Å²) in [6.07, 6.45) is 0.204. The number of rotatable bonds is 5. The molecule has 0 heterocycles. The molecule has 4 aromatic carbocycles. The Labute approximate surface area is 162 Å². The molecule has 0 aliphatic rings. The molecule has 4 rings (SSSR count).